The molecular formula is C25H22KN11O5S2. The largest absolute Gasteiger partial charge is 1.00 e. The number of carboxylic acid groups (broad SMARTS) is 1. The van der Waals surface area contributed by atoms with Crippen molar-refractivity contribution in [1.29, 1.82) is 0 Å². The molecule has 0 aliphatic carbocycles. The number of H-pyrrole nitrogens is 2. The van der Waals surface area contributed by atoms with Crippen LogP contribution in [0.25, 0.3) is 11.4 Å². The number of tetrazole rings is 2. The molecule has 0 saturated carbocycles. The Hall–Kier alpha value is -3.82. The molecule has 19 heteroatoms. The molecule has 0 saturated heterocycles. The zero-order valence-corrected chi connectivity index (χ0v) is 27.7. The number of aliphatic hydroxyl groups excluding tert-OH is 1. The molecule has 1 atom stereocenters. The van der Waals surface area contributed by atoms with Crippen molar-refractivity contribution in [1.82, 2.24) is 40.4 Å². The summed E-state index contributed by atoms with van der Waals surface area (Å²) >= 11 is 10.3. The van der Waals surface area contributed by atoms with Crippen LogP contribution in [0.3, 0.4) is 0 Å². The van der Waals surface area contributed by atoms with Crippen LogP contribution in [0.5, 0.6) is 11.5 Å². The Bertz CT molecular complexity index is 1870. The van der Waals surface area contributed by atoms with Crippen molar-refractivity contribution in [3.8, 4) is 22.9 Å². The summed E-state index contributed by atoms with van der Waals surface area (Å²) in [5.74, 6) is -0.868. The van der Waals surface area contributed by atoms with Crippen LogP contribution in [-0.4, -0.2) is 77.3 Å². The van der Waals surface area contributed by atoms with Gasteiger partial charge in [0.05, 0.1) is 35.7 Å². The maximum atomic E-state index is 11.4. The SMILES string of the molecule is O=C([O-])C(CO)Nc1cc(OC=Nc2cccc(-n3[nH]nnc3=S)c2)cc(OCNc2cccc(-n3[nH]nnc3=S)c2)c1.[K+]. The molecule has 5 N–H and O–H groups in total. The molecule has 2 aromatic heterocycles. The molecule has 0 bridgehead atoms. The van der Waals surface area contributed by atoms with E-state index < -0.39 is 18.6 Å². The van der Waals surface area contributed by atoms with E-state index in [4.69, 9.17) is 33.9 Å². The second-order valence-electron chi connectivity index (χ2n) is 8.62. The van der Waals surface area contributed by atoms with Crippen molar-refractivity contribution >= 4 is 53.9 Å². The van der Waals surface area contributed by atoms with Gasteiger partial charge in [-0.15, -0.1) is 0 Å². The summed E-state index contributed by atoms with van der Waals surface area (Å²) in [6, 6.07) is 17.7. The topological polar surface area (TPSA) is 208 Å². The molecule has 2 heterocycles. The van der Waals surface area contributed by atoms with Crippen molar-refractivity contribution in [3.63, 3.8) is 0 Å². The van der Waals surface area contributed by atoms with E-state index in [-0.39, 0.29) is 73.4 Å². The summed E-state index contributed by atoms with van der Waals surface area (Å²) < 4.78 is 15.2. The number of nitrogens with zero attached hydrogens (tertiary/aromatic N) is 7. The van der Waals surface area contributed by atoms with Gasteiger partial charge >= 0.3 is 51.4 Å². The van der Waals surface area contributed by atoms with Crippen molar-refractivity contribution in [2.45, 2.75) is 6.04 Å². The van der Waals surface area contributed by atoms with Gasteiger partial charge in [0.25, 0.3) is 0 Å². The molecule has 1 unspecified atom stereocenters. The van der Waals surface area contributed by atoms with Gasteiger partial charge in [-0.25, -0.2) is 14.4 Å². The Morgan fingerprint density at radius 1 is 0.977 bits per heavy atom. The van der Waals surface area contributed by atoms with Gasteiger partial charge in [0.1, 0.15) is 11.5 Å². The summed E-state index contributed by atoms with van der Waals surface area (Å²) in [6.07, 6.45) is 1.22. The Labute approximate surface area is 301 Å². The molecule has 0 spiro atoms. The molecular weight excluding hydrogens is 638 g/mol. The maximum Gasteiger partial charge on any atom is 1.00 e. The van der Waals surface area contributed by atoms with Gasteiger partial charge in [0.2, 0.25) is 9.54 Å². The number of aliphatic hydroxyl groups is 1. The van der Waals surface area contributed by atoms with Crippen LogP contribution < -0.4 is 76.6 Å². The van der Waals surface area contributed by atoms with Gasteiger partial charge in [-0.3, -0.25) is 0 Å². The van der Waals surface area contributed by atoms with Gasteiger partial charge in [-0.2, -0.15) is 10.4 Å². The Balaban J connectivity index is 0.00000442. The summed E-state index contributed by atoms with van der Waals surface area (Å²) in [7, 11) is 0. The minimum Gasteiger partial charge on any atom is -0.548 e. The number of aromatic nitrogens is 8. The van der Waals surface area contributed by atoms with Crippen molar-refractivity contribution < 1.29 is 75.9 Å². The molecule has 0 fully saturated rings. The summed E-state index contributed by atoms with van der Waals surface area (Å²) in [5.41, 5.74) is 2.96. The molecule has 3 aromatic carbocycles. The molecule has 0 amide bonds. The monoisotopic (exact) mass is 659 g/mol. The normalized spacial score (nSPS) is 11.5. The van der Waals surface area contributed by atoms with Crippen LogP contribution in [0.15, 0.2) is 71.7 Å². The van der Waals surface area contributed by atoms with E-state index in [0.29, 0.717) is 28.5 Å². The van der Waals surface area contributed by atoms with Crippen molar-refractivity contribution in [3.05, 3.63) is 76.3 Å². The number of aromatic amines is 2. The number of ether oxygens (including phenoxy) is 2. The number of aliphatic imine (C=N–C) groups is 1. The van der Waals surface area contributed by atoms with Gasteiger partial charge in [0.15, 0.2) is 13.1 Å². The number of carbonyl (C=O) groups excluding carboxylic acids is 1. The molecule has 5 rings (SSSR count). The molecule has 44 heavy (non-hydrogen) atoms. The van der Waals surface area contributed by atoms with Gasteiger partial charge in [-0.1, -0.05) is 32.8 Å². The number of nitrogens with one attached hydrogen (secondary N) is 4. The number of benzene rings is 3. The zero-order valence-electron chi connectivity index (χ0n) is 22.9. The summed E-state index contributed by atoms with van der Waals surface area (Å²) in [5, 5.41) is 46.9. The van der Waals surface area contributed by atoms with Crippen LogP contribution in [0.4, 0.5) is 17.1 Å². The molecule has 0 radical (unpaired) electrons. The number of carboxylic acids is 1. The number of rotatable bonds is 13. The first-order valence-electron chi connectivity index (χ1n) is 12.4. The second-order valence-corrected chi connectivity index (χ2v) is 9.35. The standard InChI is InChI=1S/C25H23N11O5S2.K/c37-12-22(23(38)39)28-17-9-20(40-13-26-15-3-1-5-18(7-15)35-24(42)29-31-33-35)11-21(10-17)41-14-27-16-4-2-6-19(8-16)36-25(43)30-32-34-36;/h1-11,13,22,27-28,37H,12,14H2,(H,38,39)(H,29,33,42)(H,30,34,43);/q;+1/p-1. The first kappa shape index (κ1) is 33.1. The smallest absolute Gasteiger partial charge is 0.548 e. The minimum atomic E-state index is -1.47. The van der Waals surface area contributed by atoms with Crippen LogP contribution in [0.1, 0.15) is 0 Å². The van der Waals surface area contributed by atoms with Crippen LogP contribution >= 0.6 is 24.4 Å². The van der Waals surface area contributed by atoms with E-state index in [9.17, 15) is 15.0 Å². The van der Waals surface area contributed by atoms with Gasteiger partial charge in [0, 0.05) is 29.6 Å². The van der Waals surface area contributed by atoms with Gasteiger partial charge in [-0.05, 0) is 60.8 Å². The number of aliphatic carboxylic acids is 1. The molecule has 5 aromatic rings. The van der Waals surface area contributed by atoms with E-state index in [2.05, 4.69) is 46.7 Å². The number of carbonyl (C=O) groups is 1. The summed E-state index contributed by atoms with van der Waals surface area (Å²) in [4.78, 5) is 15.7. The molecule has 16 nitrogen and oxygen atoms in total. The molecule has 220 valence electrons. The fourth-order valence-electron chi connectivity index (χ4n) is 3.74. The number of hydrogen-bond acceptors (Lipinski definition) is 14. The van der Waals surface area contributed by atoms with E-state index in [1.165, 1.54) is 21.8 Å². The Morgan fingerprint density at radius 2 is 1.64 bits per heavy atom. The van der Waals surface area contributed by atoms with Crippen LogP contribution in [0.2, 0.25) is 0 Å². The number of hydrogen-bond donors (Lipinski definition) is 5. The third-order valence-electron chi connectivity index (χ3n) is 5.73. The predicted octanol–water partition coefficient (Wildman–Crippen LogP) is -1.32. The Kier molecular flexibility index (Phi) is 11.9. The van der Waals surface area contributed by atoms with Crippen molar-refractivity contribution in [2.75, 3.05) is 24.0 Å². The average molecular weight is 660 g/mol. The fraction of sp³-hybridized carbons (Fsp3) is 0.120. The summed E-state index contributed by atoms with van der Waals surface area (Å²) in [6.45, 7) is -0.653. The second kappa shape index (κ2) is 15.8. The number of anilines is 2. The maximum absolute atomic E-state index is 11.4. The average Bonchev–Trinajstić information content (AvgIpc) is 3.64. The quantitative estimate of drug-likeness (QED) is 0.0327. The van der Waals surface area contributed by atoms with Crippen LogP contribution in [-0.2, 0) is 4.79 Å². The predicted molar refractivity (Wildman–Crippen MR) is 157 cm³/mol. The third kappa shape index (κ3) is 8.63. The Morgan fingerprint density at radius 3 is 2.27 bits per heavy atom. The van der Waals surface area contributed by atoms with Crippen LogP contribution in [0, 0.1) is 9.54 Å². The first-order valence-corrected chi connectivity index (χ1v) is 13.2. The molecule has 0 aliphatic rings. The zero-order chi connectivity index (χ0) is 30.2. The minimum absolute atomic E-state index is 0. The third-order valence-corrected chi connectivity index (χ3v) is 6.26. The first-order chi connectivity index (χ1) is 20.9. The van der Waals surface area contributed by atoms with E-state index in [0.717, 1.165) is 5.69 Å². The fourth-order valence-corrected chi connectivity index (χ4v) is 4.11. The molecule has 0 aliphatic heterocycles. The van der Waals surface area contributed by atoms with E-state index in [1.807, 2.05) is 24.3 Å². The van der Waals surface area contributed by atoms with E-state index in [1.54, 1.807) is 36.4 Å². The van der Waals surface area contributed by atoms with E-state index >= 15 is 0 Å². The van der Waals surface area contributed by atoms with Crippen molar-refractivity contribution in [2.24, 2.45) is 4.99 Å². The van der Waals surface area contributed by atoms with Gasteiger partial charge < -0.3 is 35.1 Å².